The molecule has 1 saturated heterocycles. The van der Waals surface area contributed by atoms with Gasteiger partial charge in [-0.1, -0.05) is 24.3 Å². The van der Waals surface area contributed by atoms with E-state index < -0.39 is 47.1 Å². The van der Waals surface area contributed by atoms with Gasteiger partial charge in [0.15, 0.2) is 11.6 Å². The number of aromatic amines is 1. The number of nitrogens with one attached hydrogen (secondary N) is 5. The number of methoxy groups -OCH3 is 1. The second-order valence-electron chi connectivity index (χ2n) is 18.6. The van der Waals surface area contributed by atoms with Crippen LogP contribution in [0.5, 0.6) is 5.75 Å². The lowest BCUT2D eigenvalue weighted by molar-refractivity contribution is -0.130. The van der Waals surface area contributed by atoms with Crippen molar-refractivity contribution in [2.75, 3.05) is 32.1 Å². The van der Waals surface area contributed by atoms with Crippen molar-refractivity contribution in [3.05, 3.63) is 77.6 Å². The second-order valence-corrected chi connectivity index (χ2v) is 18.6. The highest BCUT2D eigenvalue weighted by Gasteiger charge is 2.32. The van der Waals surface area contributed by atoms with E-state index in [1.165, 1.54) is 13.2 Å². The zero-order chi connectivity index (χ0) is 46.9. The first kappa shape index (κ1) is 47.9. The number of rotatable bonds is 13. The maximum atomic E-state index is 16.0. The molecule has 1 aromatic heterocycles. The van der Waals surface area contributed by atoms with Gasteiger partial charge < -0.3 is 40.4 Å². The molecule has 2 aliphatic rings. The maximum absolute atomic E-state index is 16.0. The summed E-state index contributed by atoms with van der Waals surface area (Å²) in [4.78, 5) is 67.3. The smallest absolute Gasteiger partial charge is 0.410 e. The minimum Gasteiger partial charge on any atom is -0.493 e. The lowest BCUT2D eigenvalue weighted by Crippen LogP contribution is -2.48. The minimum atomic E-state index is -0.953. The molecule has 3 aromatic carbocycles. The summed E-state index contributed by atoms with van der Waals surface area (Å²) < 4.78 is 32.3. The molecule has 18 heteroatoms. The van der Waals surface area contributed by atoms with Crippen LogP contribution in [0, 0.1) is 17.7 Å². The number of ether oxygens (including phenoxy) is 3. The van der Waals surface area contributed by atoms with Gasteiger partial charge in [0.2, 0.25) is 17.6 Å². The van der Waals surface area contributed by atoms with E-state index in [0.717, 1.165) is 18.4 Å². The summed E-state index contributed by atoms with van der Waals surface area (Å²) in [5.74, 6) is -1.87. The number of hydrogen-bond acceptors (Lipinski definition) is 11. The number of benzene rings is 3. The zero-order valence-corrected chi connectivity index (χ0v) is 38.1. The third-order valence-electron chi connectivity index (χ3n) is 11.3. The molecule has 0 spiro atoms. The molecule has 6 rings (SSSR count). The number of hydrogen-bond donors (Lipinski definition) is 5. The Labute approximate surface area is 378 Å². The topological polar surface area (TPSA) is 219 Å². The molecule has 348 valence electrons. The molecule has 4 aromatic rings. The van der Waals surface area contributed by atoms with Crippen molar-refractivity contribution in [3.8, 4) is 28.3 Å². The number of nitrogens with zero attached hydrogens (tertiary/aromatic N) is 4. The third-order valence-corrected chi connectivity index (χ3v) is 11.3. The SMILES string of the molecule is COc1c(-c2ccc(C[C@H](NC(=O)[C@H]3CC[C@H](CNC(=O)OC(C)(C)C)CC3)C(=O)Nc3ccc(-c4nn[nH]n4)cc3)cc2)ccc(C(=O)NC2CCN(C(=O)OC(C)(C)C)CC2)c1F. The average molecular weight is 898 g/mol. The van der Waals surface area contributed by atoms with Crippen molar-refractivity contribution in [2.24, 2.45) is 11.8 Å². The number of anilines is 1. The van der Waals surface area contributed by atoms with Crippen molar-refractivity contribution in [2.45, 2.75) is 110 Å². The largest absolute Gasteiger partial charge is 0.493 e. The summed E-state index contributed by atoms with van der Waals surface area (Å²) in [6.45, 7) is 12.1. The summed E-state index contributed by atoms with van der Waals surface area (Å²) in [7, 11) is 1.34. The van der Waals surface area contributed by atoms with Gasteiger partial charge in [-0.3, -0.25) is 14.4 Å². The molecule has 65 heavy (non-hydrogen) atoms. The van der Waals surface area contributed by atoms with Crippen molar-refractivity contribution in [1.82, 2.24) is 41.5 Å². The van der Waals surface area contributed by atoms with E-state index in [2.05, 4.69) is 41.9 Å². The van der Waals surface area contributed by atoms with Crippen LogP contribution in [0.15, 0.2) is 60.7 Å². The number of H-pyrrole nitrogens is 1. The van der Waals surface area contributed by atoms with E-state index in [1.54, 1.807) is 101 Å². The third kappa shape index (κ3) is 13.5. The number of piperidine rings is 1. The molecule has 2 heterocycles. The summed E-state index contributed by atoms with van der Waals surface area (Å²) in [5, 5.41) is 25.6. The van der Waals surface area contributed by atoms with Crippen LogP contribution in [-0.4, -0.2) is 105 Å². The lowest BCUT2D eigenvalue weighted by atomic mass is 9.81. The number of alkyl carbamates (subject to hydrolysis) is 1. The number of aromatic nitrogens is 4. The number of amides is 5. The first-order chi connectivity index (χ1) is 30.9. The Morgan fingerprint density at radius 1 is 0.831 bits per heavy atom. The van der Waals surface area contributed by atoms with Crippen LogP contribution in [-0.2, 0) is 25.5 Å². The van der Waals surface area contributed by atoms with Gasteiger partial charge >= 0.3 is 12.2 Å². The van der Waals surface area contributed by atoms with Crippen LogP contribution in [0.4, 0.5) is 19.7 Å². The van der Waals surface area contributed by atoms with Crippen molar-refractivity contribution in [3.63, 3.8) is 0 Å². The highest BCUT2D eigenvalue weighted by Crippen LogP contribution is 2.35. The van der Waals surface area contributed by atoms with Gasteiger partial charge in [-0.25, -0.2) is 14.0 Å². The van der Waals surface area contributed by atoms with Crippen molar-refractivity contribution < 1.29 is 42.6 Å². The number of carbonyl (C=O) groups excluding carboxylic acids is 5. The molecule has 5 N–H and O–H groups in total. The molecule has 5 amide bonds. The number of tetrazole rings is 1. The van der Waals surface area contributed by atoms with Crippen LogP contribution in [0.25, 0.3) is 22.5 Å². The maximum Gasteiger partial charge on any atom is 0.410 e. The quantitative estimate of drug-likeness (QED) is 0.0939. The van der Waals surface area contributed by atoms with E-state index in [-0.39, 0.29) is 41.5 Å². The first-order valence-corrected chi connectivity index (χ1v) is 22.0. The second kappa shape index (κ2) is 20.9. The Morgan fingerprint density at radius 2 is 1.48 bits per heavy atom. The standard InChI is InChI=1S/C47H60FN9O8/c1-46(2,3)64-44(61)49-27-29-10-14-32(15-11-29)41(58)52-37(43(60)51-33-18-16-31(17-19-33)40-53-55-56-54-40)26-28-8-12-30(13-9-28)35-20-21-36(38(48)39(35)63-7)42(59)50-34-22-24-57(25-23-34)45(62)65-47(4,5)6/h8-9,12-13,16-21,29,32,34,37H,10-11,14-15,22-27H2,1-7H3,(H,49,61)(H,50,59)(H,51,60)(H,52,58)(H,53,54,55,56)/t29-,32-,37-/m0/s1. The molecule has 1 aliphatic carbocycles. The molecule has 2 fully saturated rings. The first-order valence-electron chi connectivity index (χ1n) is 22.0. The normalized spacial score (nSPS) is 17.3. The predicted octanol–water partition coefficient (Wildman–Crippen LogP) is 6.81. The van der Waals surface area contributed by atoms with E-state index in [0.29, 0.717) is 73.5 Å². The van der Waals surface area contributed by atoms with Gasteiger partial charge in [0.1, 0.15) is 17.2 Å². The molecule has 17 nitrogen and oxygen atoms in total. The molecule has 1 atom stereocenters. The minimum absolute atomic E-state index is 0.102. The van der Waals surface area contributed by atoms with E-state index in [1.807, 2.05) is 0 Å². The average Bonchev–Trinajstić information content (AvgIpc) is 3.80. The summed E-state index contributed by atoms with van der Waals surface area (Å²) in [6, 6.07) is 15.9. The van der Waals surface area contributed by atoms with E-state index >= 15 is 4.39 Å². The van der Waals surface area contributed by atoms with Crippen LogP contribution in [0.3, 0.4) is 0 Å². The Morgan fingerprint density at radius 3 is 2.08 bits per heavy atom. The fourth-order valence-electron chi connectivity index (χ4n) is 7.90. The highest BCUT2D eigenvalue weighted by molar-refractivity contribution is 5.98. The van der Waals surface area contributed by atoms with Crippen LogP contribution in [0.2, 0.25) is 0 Å². The summed E-state index contributed by atoms with van der Waals surface area (Å²) >= 11 is 0. The van der Waals surface area contributed by atoms with E-state index in [9.17, 15) is 24.0 Å². The van der Waals surface area contributed by atoms with Crippen LogP contribution < -0.4 is 26.0 Å². The number of carbonyl (C=O) groups is 5. The molecular formula is C47H60FN9O8. The number of likely N-dealkylation sites (tertiary alicyclic amines) is 1. The van der Waals surface area contributed by atoms with Crippen LogP contribution in [0.1, 0.15) is 96.0 Å². The number of halogens is 1. The lowest BCUT2D eigenvalue weighted by Gasteiger charge is -2.33. The molecule has 1 saturated carbocycles. The van der Waals surface area contributed by atoms with Crippen molar-refractivity contribution >= 4 is 35.6 Å². The van der Waals surface area contributed by atoms with Gasteiger partial charge in [0, 0.05) is 54.8 Å². The fraction of sp³-hybridized carbons (Fsp3) is 0.489. The molecule has 0 bridgehead atoms. The Balaban J connectivity index is 1.11. The zero-order valence-electron chi connectivity index (χ0n) is 38.1. The monoisotopic (exact) mass is 897 g/mol. The molecule has 1 aliphatic heterocycles. The molecular weight excluding hydrogens is 838 g/mol. The van der Waals surface area contributed by atoms with Crippen molar-refractivity contribution in [1.29, 1.82) is 0 Å². The van der Waals surface area contributed by atoms with Gasteiger partial charge in [-0.15, -0.1) is 10.2 Å². The molecule has 0 unspecified atom stereocenters. The van der Waals surface area contributed by atoms with Gasteiger partial charge in [0.25, 0.3) is 5.91 Å². The summed E-state index contributed by atoms with van der Waals surface area (Å²) in [5.41, 5.74) is 1.57. The Bertz CT molecular complexity index is 2280. The Hall–Kier alpha value is -6.59. The molecule has 0 radical (unpaired) electrons. The highest BCUT2D eigenvalue weighted by atomic mass is 19.1. The van der Waals surface area contributed by atoms with Gasteiger partial charge in [0.05, 0.1) is 12.7 Å². The van der Waals surface area contributed by atoms with Gasteiger partial charge in [-0.2, -0.15) is 5.21 Å². The summed E-state index contributed by atoms with van der Waals surface area (Å²) in [6.07, 6.45) is 2.91. The predicted molar refractivity (Wildman–Crippen MR) is 240 cm³/mol. The Kier molecular flexibility index (Phi) is 15.4. The fourth-order valence-corrected chi connectivity index (χ4v) is 7.90. The van der Waals surface area contributed by atoms with E-state index in [4.69, 9.17) is 14.2 Å². The van der Waals surface area contributed by atoms with Crippen LogP contribution >= 0.6 is 0 Å². The van der Waals surface area contributed by atoms with Gasteiger partial charge in [-0.05, 0) is 139 Å².